The summed E-state index contributed by atoms with van der Waals surface area (Å²) in [7, 11) is 0. The van der Waals surface area contributed by atoms with E-state index < -0.39 is 0 Å². The van der Waals surface area contributed by atoms with E-state index in [4.69, 9.17) is 4.74 Å². The fourth-order valence-corrected chi connectivity index (χ4v) is 4.11. The maximum Gasteiger partial charge on any atom is 0.227 e. The summed E-state index contributed by atoms with van der Waals surface area (Å²) in [5.74, 6) is 0.225. The fourth-order valence-electron chi connectivity index (χ4n) is 4.11. The van der Waals surface area contributed by atoms with E-state index in [0.29, 0.717) is 13.0 Å². The van der Waals surface area contributed by atoms with E-state index in [1.807, 2.05) is 21.9 Å². The van der Waals surface area contributed by atoms with E-state index in [1.165, 1.54) is 0 Å². The molecule has 0 spiro atoms. The lowest BCUT2D eigenvalue weighted by atomic mass is 10.0. The molecule has 2 aliphatic rings. The van der Waals surface area contributed by atoms with Crippen molar-refractivity contribution in [2.75, 3.05) is 52.5 Å². The predicted octanol–water partition coefficient (Wildman–Crippen LogP) is 1.19. The van der Waals surface area contributed by atoms with Crippen LogP contribution in [-0.2, 0) is 20.7 Å². The van der Waals surface area contributed by atoms with E-state index in [1.54, 1.807) is 19.3 Å². The summed E-state index contributed by atoms with van der Waals surface area (Å²) in [6.07, 6.45) is 6.70. The van der Waals surface area contributed by atoms with Crippen molar-refractivity contribution in [3.05, 3.63) is 30.1 Å². The van der Waals surface area contributed by atoms with Crippen molar-refractivity contribution in [2.24, 2.45) is 0 Å². The molecule has 3 rings (SSSR count). The second kappa shape index (κ2) is 10.5. The third-order valence-electron chi connectivity index (χ3n) is 5.65. The Labute approximate surface area is 167 Å². The number of amides is 2. The first-order chi connectivity index (χ1) is 13.6. The Morgan fingerprint density at radius 2 is 2.11 bits per heavy atom. The summed E-state index contributed by atoms with van der Waals surface area (Å²) < 4.78 is 5.39. The van der Waals surface area contributed by atoms with E-state index >= 15 is 0 Å². The minimum atomic E-state index is 0.105. The van der Waals surface area contributed by atoms with Crippen LogP contribution in [-0.4, -0.2) is 90.0 Å². The minimum Gasteiger partial charge on any atom is -0.379 e. The van der Waals surface area contributed by atoms with Crippen molar-refractivity contribution in [1.29, 1.82) is 0 Å². The molecule has 1 unspecified atom stereocenters. The number of hydrogen-bond donors (Lipinski definition) is 0. The SMILES string of the molecule is CC(=O)N(CCCN1CCOCC1)C1CCCN(C(=O)Cc2cccnc2)C1. The Balaban J connectivity index is 1.50. The average molecular weight is 389 g/mol. The molecule has 2 fully saturated rings. The zero-order valence-electron chi connectivity index (χ0n) is 16.9. The van der Waals surface area contributed by atoms with Crippen LogP contribution in [0.4, 0.5) is 0 Å². The summed E-state index contributed by atoms with van der Waals surface area (Å²) in [5, 5.41) is 0. The summed E-state index contributed by atoms with van der Waals surface area (Å²) >= 11 is 0. The van der Waals surface area contributed by atoms with Crippen LogP contribution in [0.15, 0.2) is 24.5 Å². The first-order valence-corrected chi connectivity index (χ1v) is 10.4. The molecule has 0 bridgehead atoms. The van der Waals surface area contributed by atoms with Gasteiger partial charge in [0.2, 0.25) is 11.8 Å². The summed E-state index contributed by atoms with van der Waals surface area (Å²) in [4.78, 5) is 35.3. The molecule has 0 radical (unpaired) electrons. The molecule has 2 aliphatic heterocycles. The largest absolute Gasteiger partial charge is 0.379 e. The van der Waals surface area contributed by atoms with Gasteiger partial charge < -0.3 is 14.5 Å². The molecule has 0 aromatic carbocycles. The average Bonchev–Trinajstić information content (AvgIpc) is 2.72. The molecule has 7 heteroatoms. The van der Waals surface area contributed by atoms with Crippen LogP contribution in [0.5, 0.6) is 0 Å². The van der Waals surface area contributed by atoms with Crippen LogP contribution in [0, 0.1) is 0 Å². The molecule has 7 nitrogen and oxygen atoms in total. The van der Waals surface area contributed by atoms with E-state index in [2.05, 4.69) is 9.88 Å². The van der Waals surface area contributed by atoms with Crippen molar-refractivity contribution in [2.45, 2.75) is 38.6 Å². The quantitative estimate of drug-likeness (QED) is 0.702. The number of likely N-dealkylation sites (tertiary alicyclic amines) is 1. The predicted molar refractivity (Wildman–Crippen MR) is 107 cm³/mol. The molecule has 0 saturated carbocycles. The van der Waals surface area contributed by atoms with Gasteiger partial charge in [-0.25, -0.2) is 0 Å². The first-order valence-electron chi connectivity index (χ1n) is 10.4. The van der Waals surface area contributed by atoms with Crippen molar-refractivity contribution >= 4 is 11.8 Å². The van der Waals surface area contributed by atoms with Crippen LogP contribution >= 0.6 is 0 Å². The van der Waals surface area contributed by atoms with Gasteiger partial charge in [-0.1, -0.05) is 6.07 Å². The van der Waals surface area contributed by atoms with Gasteiger partial charge in [0.15, 0.2) is 0 Å². The molecule has 2 saturated heterocycles. The van der Waals surface area contributed by atoms with Crippen molar-refractivity contribution in [3.8, 4) is 0 Å². The third-order valence-corrected chi connectivity index (χ3v) is 5.65. The maximum absolute atomic E-state index is 12.7. The number of piperidine rings is 1. The highest BCUT2D eigenvalue weighted by Gasteiger charge is 2.29. The van der Waals surface area contributed by atoms with Crippen LogP contribution in [0.3, 0.4) is 0 Å². The van der Waals surface area contributed by atoms with Crippen molar-refractivity contribution in [1.82, 2.24) is 19.7 Å². The molecule has 28 heavy (non-hydrogen) atoms. The monoisotopic (exact) mass is 388 g/mol. The van der Waals surface area contributed by atoms with Crippen LogP contribution < -0.4 is 0 Å². The van der Waals surface area contributed by atoms with Crippen molar-refractivity contribution in [3.63, 3.8) is 0 Å². The maximum atomic E-state index is 12.7. The van der Waals surface area contributed by atoms with Gasteiger partial charge in [0.25, 0.3) is 0 Å². The van der Waals surface area contributed by atoms with E-state index in [0.717, 1.165) is 70.8 Å². The van der Waals surface area contributed by atoms with E-state index in [-0.39, 0.29) is 17.9 Å². The number of morpholine rings is 1. The molecule has 1 atom stereocenters. The Kier molecular flexibility index (Phi) is 7.80. The lowest BCUT2D eigenvalue weighted by Crippen LogP contribution is -2.52. The number of carbonyl (C=O) groups excluding carboxylic acids is 2. The zero-order valence-corrected chi connectivity index (χ0v) is 16.9. The van der Waals surface area contributed by atoms with Crippen molar-refractivity contribution < 1.29 is 14.3 Å². The molecule has 2 amide bonds. The second-order valence-electron chi connectivity index (χ2n) is 7.69. The van der Waals surface area contributed by atoms with Crippen LogP contribution in [0.25, 0.3) is 0 Å². The summed E-state index contributed by atoms with van der Waals surface area (Å²) in [6, 6.07) is 3.90. The van der Waals surface area contributed by atoms with E-state index in [9.17, 15) is 9.59 Å². The highest BCUT2D eigenvalue weighted by molar-refractivity contribution is 5.79. The normalized spacial score (nSPS) is 20.8. The number of pyridine rings is 1. The molecule has 0 N–H and O–H groups in total. The van der Waals surface area contributed by atoms with Gasteiger partial charge in [-0.15, -0.1) is 0 Å². The van der Waals surface area contributed by atoms with Gasteiger partial charge in [-0.2, -0.15) is 0 Å². The highest BCUT2D eigenvalue weighted by atomic mass is 16.5. The Bertz CT molecular complexity index is 634. The molecule has 154 valence electrons. The number of ether oxygens (including phenoxy) is 1. The fraction of sp³-hybridized carbons (Fsp3) is 0.667. The highest BCUT2D eigenvalue weighted by Crippen LogP contribution is 2.18. The Hall–Kier alpha value is -1.99. The lowest BCUT2D eigenvalue weighted by Gasteiger charge is -2.39. The van der Waals surface area contributed by atoms with Gasteiger partial charge in [-0.05, 0) is 30.9 Å². The third kappa shape index (κ3) is 6.01. The summed E-state index contributed by atoms with van der Waals surface area (Å²) in [5.41, 5.74) is 0.934. The van der Waals surface area contributed by atoms with Gasteiger partial charge >= 0.3 is 0 Å². The Morgan fingerprint density at radius 1 is 1.29 bits per heavy atom. The Morgan fingerprint density at radius 3 is 2.82 bits per heavy atom. The first kappa shape index (κ1) is 20.7. The smallest absolute Gasteiger partial charge is 0.227 e. The number of hydrogen-bond acceptors (Lipinski definition) is 5. The number of nitrogens with zero attached hydrogens (tertiary/aromatic N) is 4. The molecule has 1 aromatic heterocycles. The topological polar surface area (TPSA) is 66.0 Å². The standard InChI is InChI=1S/C21H32N4O3/c1-18(26)25(10-4-8-23-11-13-28-14-12-23)20-6-3-9-24(17-20)21(27)15-19-5-2-7-22-16-19/h2,5,7,16,20H,3-4,6,8-15,17H2,1H3. The van der Waals surface area contributed by atoms with Gasteiger partial charge in [-0.3, -0.25) is 19.5 Å². The van der Waals surface area contributed by atoms with Gasteiger partial charge in [0.1, 0.15) is 0 Å². The molecule has 1 aromatic rings. The summed E-state index contributed by atoms with van der Waals surface area (Å²) in [6.45, 7) is 8.34. The lowest BCUT2D eigenvalue weighted by molar-refractivity contribution is -0.138. The number of rotatable bonds is 7. The van der Waals surface area contributed by atoms with Crippen LogP contribution in [0.2, 0.25) is 0 Å². The number of carbonyl (C=O) groups is 2. The van der Waals surface area contributed by atoms with Gasteiger partial charge in [0, 0.05) is 64.6 Å². The zero-order chi connectivity index (χ0) is 19.8. The minimum absolute atomic E-state index is 0.105. The molecule has 3 heterocycles. The number of aromatic nitrogens is 1. The molecular formula is C21H32N4O3. The molecular weight excluding hydrogens is 356 g/mol. The molecule has 0 aliphatic carbocycles. The van der Waals surface area contributed by atoms with Crippen LogP contribution in [0.1, 0.15) is 31.7 Å². The van der Waals surface area contributed by atoms with Gasteiger partial charge in [0.05, 0.1) is 19.6 Å². The second-order valence-corrected chi connectivity index (χ2v) is 7.69.